The third-order valence-corrected chi connectivity index (χ3v) is 3.20. The summed E-state index contributed by atoms with van der Waals surface area (Å²) in [5.41, 5.74) is 0. The first kappa shape index (κ1) is 19.6. The Labute approximate surface area is 131 Å². The van der Waals surface area contributed by atoms with Crippen molar-refractivity contribution in [1.82, 2.24) is 0 Å². The molecule has 21 heavy (non-hydrogen) atoms. The molecule has 0 unspecified atom stereocenters. The van der Waals surface area contributed by atoms with Crippen LogP contribution in [0, 0.1) is 0 Å². The average molecular weight is 288 g/mol. The number of ketones is 1. The van der Waals surface area contributed by atoms with Crippen LogP contribution in [-0.4, -0.2) is 5.78 Å². The summed E-state index contributed by atoms with van der Waals surface area (Å²) in [5.74, 6) is 0.306. The number of carbonyl (C=O) groups excluding carboxylic acids is 1. The molecule has 0 spiro atoms. The Morgan fingerprint density at radius 3 is 1.76 bits per heavy atom. The molecule has 118 valence electrons. The molecule has 0 aliphatic carbocycles. The van der Waals surface area contributed by atoms with E-state index in [1.54, 1.807) is 0 Å². The van der Waals surface area contributed by atoms with Crippen LogP contribution in [0.2, 0.25) is 0 Å². The molecular weight excluding hydrogens is 256 g/mol. The fourth-order valence-corrected chi connectivity index (χ4v) is 1.80. The summed E-state index contributed by atoms with van der Waals surface area (Å²) in [6.07, 6.45) is 26.7. The van der Waals surface area contributed by atoms with Gasteiger partial charge in [-0.05, 0) is 32.1 Å². The van der Waals surface area contributed by atoms with Crippen molar-refractivity contribution in [2.45, 2.75) is 71.6 Å². The second kappa shape index (κ2) is 16.7. The Morgan fingerprint density at radius 1 is 0.714 bits per heavy atom. The highest BCUT2D eigenvalue weighted by Gasteiger charge is 1.90. The van der Waals surface area contributed by atoms with E-state index in [1.807, 2.05) is 13.0 Å². The molecule has 0 radical (unpaired) electrons. The number of allylic oxidation sites excluding steroid dienone is 8. The van der Waals surface area contributed by atoms with Crippen molar-refractivity contribution in [3.8, 4) is 0 Å². The van der Waals surface area contributed by atoms with Crippen molar-refractivity contribution in [3.63, 3.8) is 0 Å². The smallest absolute Gasteiger partial charge is 0.136 e. The van der Waals surface area contributed by atoms with Crippen LogP contribution in [0.1, 0.15) is 71.6 Å². The lowest BCUT2D eigenvalue weighted by Crippen LogP contribution is -1.90. The zero-order valence-electron chi connectivity index (χ0n) is 13.9. The minimum absolute atomic E-state index is 0.306. The Hall–Kier alpha value is -1.37. The minimum Gasteiger partial charge on any atom is -0.299 e. The van der Waals surface area contributed by atoms with Crippen molar-refractivity contribution < 1.29 is 4.79 Å². The van der Waals surface area contributed by atoms with E-state index >= 15 is 0 Å². The van der Waals surface area contributed by atoms with Gasteiger partial charge in [0.1, 0.15) is 5.78 Å². The van der Waals surface area contributed by atoms with Gasteiger partial charge in [-0.15, -0.1) is 0 Å². The van der Waals surface area contributed by atoms with Gasteiger partial charge in [0.15, 0.2) is 0 Å². The highest BCUT2D eigenvalue weighted by Crippen LogP contribution is 2.01. The lowest BCUT2D eigenvalue weighted by Gasteiger charge is -1.90. The predicted molar refractivity (Wildman–Crippen MR) is 94.5 cm³/mol. The van der Waals surface area contributed by atoms with E-state index in [1.165, 1.54) is 25.7 Å². The summed E-state index contributed by atoms with van der Waals surface area (Å²) in [4.78, 5) is 11.1. The van der Waals surface area contributed by atoms with Gasteiger partial charge in [0.05, 0.1) is 0 Å². The molecule has 0 fully saturated rings. The summed E-state index contributed by atoms with van der Waals surface area (Å²) in [6.45, 7) is 4.14. The predicted octanol–water partition coefficient (Wildman–Crippen LogP) is 6.33. The molecule has 0 aromatic heterocycles. The summed E-state index contributed by atoms with van der Waals surface area (Å²) in [6, 6.07) is 0. The van der Waals surface area contributed by atoms with Gasteiger partial charge >= 0.3 is 0 Å². The van der Waals surface area contributed by atoms with Gasteiger partial charge < -0.3 is 0 Å². The maximum atomic E-state index is 11.1. The molecule has 0 atom stereocenters. The molecule has 0 aromatic rings. The van der Waals surface area contributed by atoms with E-state index in [0.717, 1.165) is 19.3 Å². The molecule has 0 aliphatic rings. The van der Waals surface area contributed by atoms with Crippen molar-refractivity contribution in [2.75, 3.05) is 0 Å². The molecule has 0 N–H and O–H groups in total. The van der Waals surface area contributed by atoms with E-state index < -0.39 is 0 Å². The number of carbonyl (C=O) groups is 1. The molecular formula is C20H32O. The first-order chi connectivity index (χ1) is 10.3. The SMILES string of the molecule is CCCCC/C=C\C/C=C\C/C=C\C/C=C\CC(=O)CC. The van der Waals surface area contributed by atoms with E-state index in [-0.39, 0.29) is 0 Å². The minimum atomic E-state index is 0.306. The summed E-state index contributed by atoms with van der Waals surface area (Å²) in [5, 5.41) is 0. The Balaban J connectivity index is 3.46. The number of unbranched alkanes of at least 4 members (excludes halogenated alkanes) is 3. The lowest BCUT2D eigenvalue weighted by molar-refractivity contribution is -0.117. The van der Waals surface area contributed by atoms with Gasteiger partial charge in [0, 0.05) is 12.8 Å². The quantitative estimate of drug-likeness (QED) is 0.286. The maximum absolute atomic E-state index is 11.1. The number of hydrogen-bond acceptors (Lipinski definition) is 1. The van der Waals surface area contributed by atoms with Gasteiger partial charge in [0.2, 0.25) is 0 Å². The molecule has 1 nitrogen and oxygen atoms in total. The topological polar surface area (TPSA) is 17.1 Å². The maximum Gasteiger partial charge on any atom is 0.136 e. The first-order valence-corrected chi connectivity index (χ1v) is 8.42. The van der Waals surface area contributed by atoms with Crippen LogP contribution < -0.4 is 0 Å². The number of rotatable bonds is 13. The molecule has 0 heterocycles. The lowest BCUT2D eigenvalue weighted by atomic mass is 10.2. The molecule has 0 saturated heterocycles. The third kappa shape index (κ3) is 16.6. The van der Waals surface area contributed by atoms with Crippen LogP contribution in [0.3, 0.4) is 0 Å². The fraction of sp³-hybridized carbons (Fsp3) is 0.550. The summed E-state index contributed by atoms with van der Waals surface area (Å²) < 4.78 is 0. The van der Waals surface area contributed by atoms with Gasteiger partial charge in [0.25, 0.3) is 0 Å². The fourth-order valence-electron chi connectivity index (χ4n) is 1.80. The highest BCUT2D eigenvalue weighted by atomic mass is 16.1. The van der Waals surface area contributed by atoms with Crippen molar-refractivity contribution >= 4 is 5.78 Å². The zero-order chi connectivity index (χ0) is 15.6. The molecule has 0 saturated carbocycles. The van der Waals surface area contributed by atoms with E-state index in [9.17, 15) is 4.79 Å². The molecule has 0 amide bonds. The van der Waals surface area contributed by atoms with E-state index in [4.69, 9.17) is 0 Å². The van der Waals surface area contributed by atoms with Gasteiger partial charge in [-0.3, -0.25) is 4.79 Å². The average Bonchev–Trinajstić information content (AvgIpc) is 2.50. The molecule has 0 aromatic carbocycles. The number of Topliss-reactive ketones (excluding diaryl/α,β-unsaturated/α-hetero) is 1. The highest BCUT2D eigenvalue weighted by molar-refractivity contribution is 5.79. The van der Waals surface area contributed by atoms with Crippen LogP contribution in [0.4, 0.5) is 0 Å². The largest absolute Gasteiger partial charge is 0.299 e. The standard InChI is InChI=1S/C20H32O/c1-3-5-6-7-8-9-10-11-12-13-14-15-16-17-18-19-20(21)4-2/h8-9,11-12,14-15,17-18H,3-7,10,13,16,19H2,1-2H3/b9-8-,12-11-,15-14-,18-17-. The Morgan fingerprint density at radius 2 is 1.24 bits per heavy atom. The second-order valence-electron chi connectivity index (χ2n) is 5.18. The summed E-state index contributed by atoms with van der Waals surface area (Å²) >= 11 is 0. The number of hydrogen-bond donors (Lipinski definition) is 0. The Kier molecular flexibility index (Phi) is 15.6. The van der Waals surface area contributed by atoms with Crippen LogP contribution >= 0.6 is 0 Å². The van der Waals surface area contributed by atoms with Crippen LogP contribution in [-0.2, 0) is 4.79 Å². The monoisotopic (exact) mass is 288 g/mol. The molecule has 0 rings (SSSR count). The van der Waals surface area contributed by atoms with Gasteiger partial charge in [-0.2, -0.15) is 0 Å². The second-order valence-corrected chi connectivity index (χ2v) is 5.18. The molecule has 0 bridgehead atoms. The van der Waals surface area contributed by atoms with E-state index in [0.29, 0.717) is 18.6 Å². The van der Waals surface area contributed by atoms with Crippen LogP contribution in [0.25, 0.3) is 0 Å². The van der Waals surface area contributed by atoms with Crippen LogP contribution in [0.5, 0.6) is 0 Å². The van der Waals surface area contributed by atoms with Crippen molar-refractivity contribution in [1.29, 1.82) is 0 Å². The van der Waals surface area contributed by atoms with Crippen molar-refractivity contribution in [2.24, 2.45) is 0 Å². The zero-order valence-corrected chi connectivity index (χ0v) is 13.9. The van der Waals surface area contributed by atoms with Crippen molar-refractivity contribution in [3.05, 3.63) is 48.6 Å². The van der Waals surface area contributed by atoms with Gasteiger partial charge in [-0.25, -0.2) is 0 Å². The first-order valence-electron chi connectivity index (χ1n) is 8.42. The normalized spacial score (nSPS) is 12.5. The summed E-state index contributed by atoms with van der Waals surface area (Å²) in [7, 11) is 0. The molecule has 1 heteroatoms. The molecule has 0 aliphatic heterocycles. The van der Waals surface area contributed by atoms with E-state index in [2.05, 4.69) is 49.5 Å². The third-order valence-electron chi connectivity index (χ3n) is 3.20. The van der Waals surface area contributed by atoms with Crippen LogP contribution in [0.15, 0.2) is 48.6 Å². The van der Waals surface area contributed by atoms with Gasteiger partial charge in [-0.1, -0.05) is 75.3 Å². The Bertz CT molecular complexity index is 345.